The van der Waals surface area contributed by atoms with Gasteiger partial charge in [-0.1, -0.05) is 18.2 Å². The highest BCUT2D eigenvalue weighted by Crippen LogP contribution is 2.18. The molecule has 33 heavy (non-hydrogen) atoms. The van der Waals surface area contributed by atoms with Gasteiger partial charge in [-0.05, 0) is 73.2 Å². The molecule has 0 bridgehead atoms. The molecule has 3 aromatic carbocycles. The van der Waals surface area contributed by atoms with Gasteiger partial charge in [-0.3, -0.25) is 9.59 Å². The molecule has 0 saturated carbocycles. The first-order valence-corrected chi connectivity index (χ1v) is 10.0. The predicted molar refractivity (Wildman–Crippen MR) is 123 cm³/mol. The molecule has 0 heterocycles. The van der Waals surface area contributed by atoms with E-state index in [4.69, 9.17) is 9.47 Å². The average molecular weight is 448 g/mol. The maximum absolute atomic E-state index is 13.2. The SMILES string of the molecule is CCOC(=O)Oc1ccc(C(=O)Nc2cccc(NC(=O)/C=C/c3cccc(F)c3)c2)cc1. The number of amides is 2. The summed E-state index contributed by atoms with van der Waals surface area (Å²) in [5, 5.41) is 5.42. The van der Waals surface area contributed by atoms with Crippen LogP contribution in [0.2, 0.25) is 0 Å². The van der Waals surface area contributed by atoms with E-state index in [0.717, 1.165) is 0 Å². The van der Waals surface area contributed by atoms with Crippen LogP contribution in [0, 0.1) is 5.82 Å². The highest BCUT2D eigenvalue weighted by Gasteiger charge is 2.09. The number of halogens is 1. The van der Waals surface area contributed by atoms with Crippen LogP contribution in [0.15, 0.2) is 78.9 Å². The minimum Gasteiger partial charge on any atom is -0.434 e. The van der Waals surface area contributed by atoms with Gasteiger partial charge in [-0.25, -0.2) is 9.18 Å². The molecular weight excluding hydrogens is 427 g/mol. The second kappa shape index (κ2) is 11.2. The van der Waals surface area contributed by atoms with Crippen molar-refractivity contribution in [2.75, 3.05) is 17.2 Å². The normalized spacial score (nSPS) is 10.5. The van der Waals surface area contributed by atoms with E-state index in [1.54, 1.807) is 43.3 Å². The minimum atomic E-state index is -0.820. The molecule has 0 fully saturated rings. The van der Waals surface area contributed by atoms with E-state index in [2.05, 4.69) is 10.6 Å². The summed E-state index contributed by atoms with van der Waals surface area (Å²) in [6.07, 6.45) is 1.97. The highest BCUT2D eigenvalue weighted by atomic mass is 19.1. The Hall–Kier alpha value is -4.46. The second-order valence-electron chi connectivity index (χ2n) is 6.72. The van der Waals surface area contributed by atoms with Crippen molar-refractivity contribution in [2.24, 2.45) is 0 Å². The summed E-state index contributed by atoms with van der Waals surface area (Å²) in [4.78, 5) is 36.0. The zero-order valence-electron chi connectivity index (χ0n) is 17.7. The maximum atomic E-state index is 13.2. The first kappa shape index (κ1) is 23.2. The summed E-state index contributed by atoms with van der Waals surface area (Å²) >= 11 is 0. The molecule has 0 aliphatic carbocycles. The lowest BCUT2D eigenvalue weighted by molar-refractivity contribution is -0.111. The third-order valence-electron chi connectivity index (χ3n) is 4.24. The zero-order valence-corrected chi connectivity index (χ0v) is 17.7. The number of hydrogen-bond acceptors (Lipinski definition) is 5. The Kier molecular flexibility index (Phi) is 7.91. The van der Waals surface area contributed by atoms with Gasteiger partial charge in [-0.2, -0.15) is 0 Å². The number of carbonyl (C=O) groups excluding carboxylic acids is 3. The molecule has 2 N–H and O–H groups in total. The quantitative estimate of drug-likeness (QED) is 0.292. The third-order valence-corrected chi connectivity index (χ3v) is 4.24. The molecule has 0 aliphatic heterocycles. The first-order valence-electron chi connectivity index (χ1n) is 10.0. The Labute approximate surface area is 189 Å². The van der Waals surface area contributed by atoms with Crippen LogP contribution in [0.25, 0.3) is 6.08 Å². The molecule has 3 rings (SSSR count). The van der Waals surface area contributed by atoms with E-state index in [-0.39, 0.29) is 24.1 Å². The minimum absolute atomic E-state index is 0.197. The summed E-state index contributed by atoms with van der Waals surface area (Å²) in [6.45, 7) is 1.86. The standard InChI is InChI=1S/C25H21FN2O5/c1-2-32-25(31)33-22-12-10-18(11-13-22)24(30)28-21-8-4-7-20(16-21)27-23(29)14-9-17-5-3-6-19(26)15-17/h3-16H,2H2,1H3,(H,27,29)(H,28,30)/b14-9+. The van der Waals surface area contributed by atoms with E-state index in [1.807, 2.05) is 0 Å². The summed E-state index contributed by atoms with van der Waals surface area (Å²) in [6, 6.07) is 18.5. The van der Waals surface area contributed by atoms with Gasteiger partial charge in [0.2, 0.25) is 5.91 Å². The summed E-state index contributed by atoms with van der Waals surface area (Å²) in [5.74, 6) is -0.921. The Balaban J connectivity index is 1.58. The summed E-state index contributed by atoms with van der Waals surface area (Å²) in [5.41, 5.74) is 1.85. The fourth-order valence-corrected chi connectivity index (χ4v) is 2.76. The van der Waals surface area contributed by atoms with Crippen LogP contribution in [0.5, 0.6) is 5.75 Å². The van der Waals surface area contributed by atoms with E-state index in [1.165, 1.54) is 48.6 Å². The number of anilines is 2. The molecule has 0 aliphatic rings. The molecular formula is C25H21FN2O5. The number of hydrogen-bond donors (Lipinski definition) is 2. The molecule has 2 amide bonds. The lowest BCUT2D eigenvalue weighted by Crippen LogP contribution is -2.13. The fourth-order valence-electron chi connectivity index (χ4n) is 2.76. The number of nitrogens with one attached hydrogen (secondary N) is 2. The van der Waals surface area contributed by atoms with Crippen LogP contribution in [0.1, 0.15) is 22.8 Å². The Bertz CT molecular complexity index is 1180. The zero-order chi connectivity index (χ0) is 23.6. The third kappa shape index (κ3) is 7.32. The molecule has 0 spiro atoms. The fraction of sp³-hybridized carbons (Fsp3) is 0.0800. The Morgan fingerprint density at radius 2 is 1.61 bits per heavy atom. The van der Waals surface area contributed by atoms with E-state index in [0.29, 0.717) is 22.5 Å². The van der Waals surface area contributed by atoms with Gasteiger partial charge in [-0.15, -0.1) is 0 Å². The van der Waals surface area contributed by atoms with Crippen molar-refractivity contribution in [3.8, 4) is 5.75 Å². The van der Waals surface area contributed by atoms with Crippen LogP contribution in [0.3, 0.4) is 0 Å². The van der Waals surface area contributed by atoms with Crippen molar-refractivity contribution >= 4 is 35.4 Å². The molecule has 0 saturated heterocycles. The van der Waals surface area contributed by atoms with Crippen molar-refractivity contribution < 1.29 is 28.2 Å². The van der Waals surface area contributed by atoms with E-state index in [9.17, 15) is 18.8 Å². The van der Waals surface area contributed by atoms with Gasteiger partial charge >= 0.3 is 6.16 Å². The number of ether oxygens (including phenoxy) is 2. The van der Waals surface area contributed by atoms with Crippen LogP contribution < -0.4 is 15.4 Å². The topological polar surface area (TPSA) is 93.7 Å². The Morgan fingerprint density at radius 3 is 2.30 bits per heavy atom. The van der Waals surface area contributed by atoms with E-state index >= 15 is 0 Å². The van der Waals surface area contributed by atoms with Crippen LogP contribution in [-0.4, -0.2) is 24.6 Å². The number of rotatable bonds is 7. The smallest absolute Gasteiger partial charge is 0.434 e. The van der Waals surface area contributed by atoms with Crippen molar-refractivity contribution in [3.05, 3.63) is 95.8 Å². The molecule has 7 nitrogen and oxygen atoms in total. The van der Waals surface area contributed by atoms with Crippen molar-refractivity contribution in [1.82, 2.24) is 0 Å². The lowest BCUT2D eigenvalue weighted by Gasteiger charge is -2.09. The molecule has 3 aromatic rings. The van der Waals surface area contributed by atoms with Gasteiger partial charge in [0.1, 0.15) is 11.6 Å². The highest BCUT2D eigenvalue weighted by molar-refractivity contribution is 6.05. The van der Waals surface area contributed by atoms with Gasteiger partial charge in [0.05, 0.1) is 6.61 Å². The molecule has 0 radical (unpaired) electrons. The van der Waals surface area contributed by atoms with Gasteiger partial charge in [0.15, 0.2) is 0 Å². The van der Waals surface area contributed by atoms with E-state index < -0.39 is 12.1 Å². The Morgan fingerprint density at radius 1 is 0.909 bits per heavy atom. The van der Waals surface area contributed by atoms with Gasteiger partial charge in [0.25, 0.3) is 5.91 Å². The molecule has 0 atom stereocenters. The second-order valence-corrected chi connectivity index (χ2v) is 6.72. The predicted octanol–water partition coefficient (Wildman–Crippen LogP) is 5.27. The van der Waals surface area contributed by atoms with Crippen molar-refractivity contribution in [2.45, 2.75) is 6.92 Å². The number of carbonyl (C=O) groups is 3. The van der Waals surface area contributed by atoms with Crippen LogP contribution in [-0.2, 0) is 9.53 Å². The largest absolute Gasteiger partial charge is 0.513 e. The first-order chi connectivity index (χ1) is 15.9. The van der Waals surface area contributed by atoms with Crippen molar-refractivity contribution in [1.29, 1.82) is 0 Å². The average Bonchev–Trinajstić information content (AvgIpc) is 2.78. The molecule has 0 unspecified atom stereocenters. The van der Waals surface area contributed by atoms with Gasteiger partial charge < -0.3 is 20.1 Å². The number of benzene rings is 3. The monoisotopic (exact) mass is 448 g/mol. The van der Waals surface area contributed by atoms with Crippen LogP contribution >= 0.6 is 0 Å². The van der Waals surface area contributed by atoms with Crippen LogP contribution in [0.4, 0.5) is 20.6 Å². The van der Waals surface area contributed by atoms with Gasteiger partial charge in [0, 0.05) is 23.0 Å². The molecule has 0 aromatic heterocycles. The molecule has 168 valence electrons. The summed E-state index contributed by atoms with van der Waals surface area (Å²) < 4.78 is 22.9. The van der Waals surface area contributed by atoms with Crippen molar-refractivity contribution in [3.63, 3.8) is 0 Å². The molecule has 8 heteroatoms. The lowest BCUT2D eigenvalue weighted by atomic mass is 10.2. The maximum Gasteiger partial charge on any atom is 0.513 e. The summed E-state index contributed by atoms with van der Waals surface area (Å²) in [7, 11) is 0.